The molecule has 3 aromatic rings. The van der Waals surface area contributed by atoms with Crippen LogP contribution < -0.4 is 19.1 Å². The SMILES string of the molecule is O=S(=O)(Nc1nc2ccccc2nc1[N-]CC[NH+]1CCOCC1)c1ccc2c(c1)OCCO2. The van der Waals surface area contributed by atoms with E-state index in [-0.39, 0.29) is 16.5 Å². The minimum absolute atomic E-state index is 0.0467. The first kappa shape index (κ1) is 21.7. The minimum atomic E-state index is -3.95. The third kappa shape index (κ3) is 4.95. The molecule has 5 rings (SSSR count). The Morgan fingerprint density at radius 2 is 1.67 bits per heavy atom. The van der Waals surface area contributed by atoms with Crippen LogP contribution in [0.3, 0.4) is 0 Å². The maximum Gasteiger partial charge on any atom is 0.263 e. The van der Waals surface area contributed by atoms with Gasteiger partial charge in [-0.1, -0.05) is 18.2 Å². The van der Waals surface area contributed by atoms with E-state index in [2.05, 4.69) is 20.0 Å². The number of benzene rings is 2. The molecule has 0 aliphatic carbocycles. The first-order valence-corrected chi connectivity index (χ1v) is 12.3. The Morgan fingerprint density at radius 1 is 0.939 bits per heavy atom. The molecule has 3 heterocycles. The summed E-state index contributed by atoms with van der Waals surface area (Å²) in [4.78, 5) is 10.5. The van der Waals surface area contributed by atoms with Crippen LogP contribution in [0.1, 0.15) is 0 Å². The van der Waals surface area contributed by atoms with Crippen molar-refractivity contribution in [3.63, 3.8) is 0 Å². The van der Waals surface area contributed by atoms with E-state index < -0.39 is 10.0 Å². The minimum Gasteiger partial charge on any atom is -0.486 e. The molecule has 0 unspecified atom stereocenters. The molecule has 0 atom stereocenters. The second-order valence-corrected chi connectivity index (χ2v) is 9.47. The molecule has 0 saturated carbocycles. The van der Waals surface area contributed by atoms with E-state index in [9.17, 15) is 8.42 Å². The predicted octanol–water partition coefficient (Wildman–Crippen LogP) is 1.12. The lowest BCUT2D eigenvalue weighted by molar-refractivity contribution is -0.906. The maximum absolute atomic E-state index is 13.2. The fourth-order valence-corrected chi connectivity index (χ4v) is 4.80. The van der Waals surface area contributed by atoms with Crippen LogP contribution in [0.15, 0.2) is 47.4 Å². The Bertz CT molecular complexity index is 1250. The van der Waals surface area contributed by atoms with Gasteiger partial charge in [0.25, 0.3) is 10.0 Å². The number of ether oxygens (including phenoxy) is 3. The van der Waals surface area contributed by atoms with Gasteiger partial charge >= 0.3 is 0 Å². The summed E-state index contributed by atoms with van der Waals surface area (Å²) in [6.07, 6.45) is 0. The molecular weight excluding hydrogens is 446 g/mol. The summed E-state index contributed by atoms with van der Waals surface area (Å²) < 4.78 is 45.3. The average Bonchev–Trinajstić information content (AvgIpc) is 2.84. The van der Waals surface area contributed by atoms with Crippen LogP contribution in [0.4, 0.5) is 11.6 Å². The van der Waals surface area contributed by atoms with Gasteiger partial charge in [0.15, 0.2) is 11.5 Å². The summed E-state index contributed by atoms with van der Waals surface area (Å²) in [5, 5.41) is 4.59. The molecule has 2 aliphatic heterocycles. The molecular formula is C22H25N5O5S. The predicted molar refractivity (Wildman–Crippen MR) is 122 cm³/mol. The van der Waals surface area contributed by atoms with E-state index in [1.807, 2.05) is 18.2 Å². The lowest BCUT2D eigenvalue weighted by Gasteiger charge is -2.26. The second kappa shape index (κ2) is 9.38. The van der Waals surface area contributed by atoms with Crippen molar-refractivity contribution in [3.8, 4) is 11.5 Å². The Kier molecular flexibility index (Phi) is 6.16. The molecule has 174 valence electrons. The Morgan fingerprint density at radius 3 is 2.45 bits per heavy atom. The third-order valence-electron chi connectivity index (χ3n) is 5.53. The quantitative estimate of drug-likeness (QED) is 0.530. The normalized spacial score (nSPS) is 16.5. The molecule has 0 radical (unpaired) electrons. The van der Waals surface area contributed by atoms with Gasteiger partial charge in [-0.3, -0.25) is 4.72 Å². The highest BCUT2D eigenvalue weighted by atomic mass is 32.2. The van der Waals surface area contributed by atoms with Crippen LogP contribution in [-0.4, -0.2) is 71.0 Å². The molecule has 2 N–H and O–H groups in total. The van der Waals surface area contributed by atoms with Crippen LogP contribution in [0, 0.1) is 0 Å². The first-order chi connectivity index (χ1) is 16.1. The lowest BCUT2D eigenvalue weighted by Crippen LogP contribution is -3.14. The summed E-state index contributed by atoms with van der Waals surface area (Å²) in [5.74, 6) is 1.28. The number of anilines is 1. The van der Waals surface area contributed by atoms with Crippen molar-refractivity contribution in [2.24, 2.45) is 0 Å². The molecule has 0 amide bonds. The van der Waals surface area contributed by atoms with E-state index >= 15 is 0 Å². The topological polar surface area (TPSA) is 118 Å². The van der Waals surface area contributed by atoms with Gasteiger partial charge in [0.05, 0.1) is 30.2 Å². The molecule has 0 bridgehead atoms. The molecule has 0 spiro atoms. The lowest BCUT2D eigenvalue weighted by atomic mass is 10.3. The van der Waals surface area contributed by atoms with Gasteiger partial charge in [0.1, 0.15) is 32.1 Å². The standard InChI is InChI=1S/C22H24N5O5S/c28-33(29,16-5-6-19-20(15-16)32-14-13-31-19)26-22-21(23-7-8-27-9-11-30-12-10-27)24-17-3-1-2-4-18(17)25-22/h1-6,15H,7-14H2,(H-,23,24,25,26)/q-1/p+1. The number of morpholine rings is 1. The molecule has 1 fully saturated rings. The smallest absolute Gasteiger partial charge is 0.263 e. The highest BCUT2D eigenvalue weighted by Gasteiger charge is 2.21. The first-order valence-electron chi connectivity index (χ1n) is 10.9. The van der Waals surface area contributed by atoms with Crippen LogP contribution in [0.25, 0.3) is 16.4 Å². The molecule has 1 aromatic heterocycles. The number of hydrogen-bond donors (Lipinski definition) is 2. The molecule has 2 aliphatic rings. The zero-order valence-corrected chi connectivity index (χ0v) is 18.8. The van der Waals surface area contributed by atoms with Crippen LogP contribution in [0.5, 0.6) is 11.5 Å². The molecule has 10 nitrogen and oxygen atoms in total. The van der Waals surface area contributed by atoms with Crippen molar-refractivity contribution in [2.45, 2.75) is 4.90 Å². The van der Waals surface area contributed by atoms with Crippen molar-refractivity contribution in [1.82, 2.24) is 9.97 Å². The number of fused-ring (bicyclic) bond motifs is 2. The van der Waals surface area contributed by atoms with Crippen LogP contribution in [-0.2, 0) is 14.8 Å². The third-order valence-corrected chi connectivity index (χ3v) is 6.87. The zero-order valence-electron chi connectivity index (χ0n) is 18.0. The summed E-state index contributed by atoms with van der Waals surface area (Å²) >= 11 is 0. The number of nitrogens with one attached hydrogen (secondary N) is 2. The van der Waals surface area contributed by atoms with Crippen molar-refractivity contribution in [1.29, 1.82) is 0 Å². The van der Waals surface area contributed by atoms with Crippen LogP contribution >= 0.6 is 0 Å². The van der Waals surface area contributed by atoms with Gasteiger partial charge in [0, 0.05) is 6.07 Å². The fraction of sp³-hybridized carbons (Fsp3) is 0.364. The van der Waals surface area contributed by atoms with Gasteiger partial charge in [-0.25, -0.2) is 13.4 Å². The molecule has 2 aromatic carbocycles. The van der Waals surface area contributed by atoms with Crippen molar-refractivity contribution >= 4 is 32.7 Å². The average molecular weight is 472 g/mol. The van der Waals surface area contributed by atoms with Crippen LogP contribution in [0.2, 0.25) is 0 Å². The Hall–Kier alpha value is -3.15. The van der Waals surface area contributed by atoms with E-state index in [1.54, 1.807) is 12.1 Å². The van der Waals surface area contributed by atoms with Gasteiger partial charge in [0.2, 0.25) is 0 Å². The fourth-order valence-electron chi connectivity index (χ4n) is 3.78. The van der Waals surface area contributed by atoms with Gasteiger partial charge in [-0.15, -0.1) is 0 Å². The molecule has 33 heavy (non-hydrogen) atoms. The number of rotatable bonds is 7. The van der Waals surface area contributed by atoms with Crippen molar-refractivity contribution in [2.75, 3.05) is 57.3 Å². The highest BCUT2D eigenvalue weighted by Crippen LogP contribution is 2.34. The number of aromatic nitrogens is 2. The molecule has 11 heteroatoms. The number of sulfonamides is 1. The Labute approximate surface area is 191 Å². The monoisotopic (exact) mass is 471 g/mol. The van der Waals surface area contributed by atoms with Gasteiger partial charge < -0.3 is 29.4 Å². The Balaban J connectivity index is 1.40. The van der Waals surface area contributed by atoms with Crippen molar-refractivity contribution < 1.29 is 27.5 Å². The maximum atomic E-state index is 13.2. The molecule has 1 saturated heterocycles. The number of para-hydroxylation sites is 2. The van der Waals surface area contributed by atoms with E-state index in [4.69, 9.17) is 14.2 Å². The number of nitrogens with zero attached hydrogens (tertiary/aromatic N) is 3. The highest BCUT2D eigenvalue weighted by molar-refractivity contribution is 7.92. The van der Waals surface area contributed by atoms with E-state index in [1.165, 1.54) is 17.0 Å². The van der Waals surface area contributed by atoms with E-state index in [0.717, 1.165) is 32.8 Å². The van der Waals surface area contributed by atoms with Gasteiger partial charge in [-0.2, -0.15) is 0 Å². The number of hydrogen-bond acceptors (Lipinski definition) is 7. The summed E-state index contributed by atoms with van der Waals surface area (Å²) in [6, 6.07) is 11.8. The summed E-state index contributed by atoms with van der Waals surface area (Å²) in [5.41, 5.74) is 1.23. The largest absolute Gasteiger partial charge is 0.486 e. The summed E-state index contributed by atoms with van der Waals surface area (Å²) in [6.45, 7) is 5.46. The second-order valence-electron chi connectivity index (χ2n) is 7.79. The van der Waals surface area contributed by atoms with Crippen molar-refractivity contribution in [3.05, 3.63) is 47.8 Å². The zero-order chi connectivity index (χ0) is 22.7. The number of quaternary nitrogens is 1. The van der Waals surface area contributed by atoms with Gasteiger partial charge in [-0.05, 0) is 36.1 Å². The summed E-state index contributed by atoms with van der Waals surface area (Å²) in [7, 11) is -3.95. The van der Waals surface area contributed by atoms with E-state index in [0.29, 0.717) is 42.3 Å².